The lowest BCUT2D eigenvalue weighted by molar-refractivity contribution is -0.0524. The second-order valence-electron chi connectivity index (χ2n) is 6.10. The van der Waals surface area contributed by atoms with Crippen molar-refractivity contribution in [1.29, 1.82) is 0 Å². The first-order chi connectivity index (χ1) is 10.2. The van der Waals surface area contributed by atoms with Crippen molar-refractivity contribution in [1.82, 2.24) is 5.32 Å². The van der Waals surface area contributed by atoms with Gasteiger partial charge in [0.1, 0.15) is 0 Å². The quantitative estimate of drug-likeness (QED) is 0.707. The van der Waals surface area contributed by atoms with Crippen molar-refractivity contribution in [2.45, 2.75) is 69.9 Å². The van der Waals surface area contributed by atoms with Crippen molar-refractivity contribution in [3.63, 3.8) is 0 Å². The molecule has 1 aromatic heterocycles. The fourth-order valence-electron chi connectivity index (χ4n) is 3.45. The van der Waals surface area contributed by atoms with Gasteiger partial charge in [-0.05, 0) is 44.4 Å². The van der Waals surface area contributed by atoms with Gasteiger partial charge in [-0.15, -0.1) is 11.3 Å². The number of hydrogen-bond acceptors (Lipinski definition) is 3. The van der Waals surface area contributed by atoms with E-state index in [0.717, 1.165) is 23.7 Å². The summed E-state index contributed by atoms with van der Waals surface area (Å²) >= 11 is 7.79. The molecular formula is C17H28ClNOS. The first-order valence-electron chi connectivity index (χ1n) is 8.23. The maximum atomic E-state index is 6.11. The predicted octanol–water partition coefficient (Wildman–Crippen LogP) is 5.05. The number of halogens is 1. The van der Waals surface area contributed by atoms with Crippen molar-refractivity contribution in [3.8, 4) is 0 Å². The molecule has 0 saturated heterocycles. The van der Waals surface area contributed by atoms with E-state index >= 15 is 0 Å². The summed E-state index contributed by atoms with van der Waals surface area (Å²) < 4.78 is 6.99. The van der Waals surface area contributed by atoms with Crippen LogP contribution >= 0.6 is 22.9 Å². The average Bonchev–Trinajstić information content (AvgIpc) is 2.76. The molecule has 0 aromatic carbocycles. The lowest BCUT2D eigenvalue weighted by Gasteiger charge is -2.40. The molecule has 0 amide bonds. The van der Waals surface area contributed by atoms with Gasteiger partial charge in [-0.25, -0.2) is 0 Å². The lowest BCUT2D eigenvalue weighted by atomic mass is 9.83. The standard InChI is InChI=1S/C17H28ClNOS/c1-3-12-19-15(13-14-8-9-16(18)21-14)17(20-2)10-6-4-5-7-11-17/h8-9,15,19H,3-7,10-13H2,1-2H3. The van der Waals surface area contributed by atoms with E-state index in [0.29, 0.717) is 6.04 Å². The molecule has 0 aliphatic heterocycles. The van der Waals surface area contributed by atoms with Crippen LogP contribution in [0.25, 0.3) is 0 Å². The molecule has 0 bridgehead atoms. The van der Waals surface area contributed by atoms with E-state index < -0.39 is 0 Å². The van der Waals surface area contributed by atoms with Crippen LogP contribution in [0.2, 0.25) is 4.34 Å². The maximum Gasteiger partial charge on any atom is 0.0931 e. The molecule has 120 valence electrons. The Bertz CT molecular complexity index is 413. The van der Waals surface area contributed by atoms with Crippen molar-refractivity contribution in [2.24, 2.45) is 0 Å². The molecule has 0 radical (unpaired) electrons. The van der Waals surface area contributed by atoms with Crippen molar-refractivity contribution < 1.29 is 4.74 Å². The summed E-state index contributed by atoms with van der Waals surface area (Å²) in [5, 5.41) is 3.75. The number of methoxy groups -OCH3 is 1. The van der Waals surface area contributed by atoms with Crippen LogP contribution in [0.3, 0.4) is 0 Å². The van der Waals surface area contributed by atoms with Crippen LogP contribution in [-0.2, 0) is 11.2 Å². The van der Waals surface area contributed by atoms with Gasteiger partial charge in [-0.1, -0.05) is 44.2 Å². The van der Waals surface area contributed by atoms with Gasteiger partial charge in [0.05, 0.1) is 9.94 Å². The lowest BCUT2D eigenvalue weighted by Crippen LogP contribution is -2.53. The summed E-state index contributed by atoms with van der Waals surface area (Å²) in [6.07, 6.45) is 9.76. The minimum atomic E-state index is -0.0118. The smallest absolute Gasteiger partial charge is 0.0931 e. The first kappa shape index (κ1) is 17.3. The molecule has 1 saturated carbocycles. The summed E-state index contributed by atoms with van der Waals surface area (Å²) in [5.41, 5.74) is -0.0118. The highest BCUT2D eigenvalue weighted by Crippen LogP contribution is 2.35. The van der Waals surface area contributed by atoms with Crippen LogP contribution in [0, 0.1) is 0 Å². The molecule has 2 nitrogen and oxygen atoms in total. The van der Waals surface area contributed by atoms with Crippen molar-refractivity contribution >= 4 is 22.9 Å². The molecule has 0 spiro atoms. The predicted molar refractivity (Wildman–Crippen MR) is 92.6 cm³/mol. The highest BCUT2D eigenvalue weighted by Gasteiger charge is 2.39. The van der Waals surface area contributed by atoms with Crippen molar-refractivity contribution in [3.05, 3.63) is 21.3 Å². The fraction of sp³-hybridized carbons (Fsp3) is 0.765. The van der Waals surface area contributed by atoms with Gasteiger partial charge in [0.25, 0.3) is 0 Å². The fourth-order valence-corrected chi connectivity index (χ4v) is 4.58. The molecule has 1 aromatic rings. The van der Waals surface area contributed by atoms with Crippen LogP contribution in [0.1, 0.15) is 56.7 Å². The highest BCUT2D eigenvalue weighted by atomic mass is 35.5. The Morgan fingerprint density at radius 3 is 2.52 bits per heavy atom. The Kier molecular flexibility index (Phi) is 7.00. The van der Waals surface area contributed by atoms with E-state index in [1.807, 2.05) is 13.2 Å². The molecule has 1 unspecified atom stereocenters. The summed E-state index contributed by atoms with van der Waals surface area (Å²) in [5.74, 6) is 0. The summed E-state index contributed by atoms with van der Waals surface area (Å²) in [4.78, 5) is 1.36. The van der Waals surface area contributed by atoms with E-state index in [2.05, 4.69) is 18.3 Å². The van der Waals surface area contributed by atoms with Crippen molar-refractivity contribution in [2.75, 3.05) is 13.7 Å². The van der Waals surface area contributed by atoms with E-state index in [-0.39, 0.29) is 5.60 Å². The summed E-state index contributed by atoms with van der Waals surface area (Å²) in [6, 6.07) is 4.55. The van der Waals surface area contributed by atoms with Gasteiger partial charge in [-0.3, -0.25) is 0 Å². The van der Waals surface area contributed by atoms with Gasteiger partial charge < -0.3 is 10.1 Å². The van der Waals surface area contributed by atoms with Gasteiger partial charge in [-0.2, -0.15) is 0 Å². The van der Waals surface area contributed by atoms with Gasteiger partial charge >= 0.3 is 0 Å². The number of rotatable bonds is 7. The largest absolute Gasteiger partial charge is 0.377 e. The molecular weight excluding hydrogens is 302 g/mol. The maximum absolute atomic E-state index is 6.11. The third-order valence-electron chi connectivity index (χ3n) is 4.67. The van der Waals surface area contributed by atoms with E-state index in [9.17, 15) is 0 Å². The Hall–Kier alpha value is -0.0900. The molecule has 1 atom stereocenters. The molecule has 1 N–H and O–H groups in total. The Balaban J connectivity index is 2.14. The monoisotopic (exact) mass is 329 g/mol. The number of ether oxygens (including phenoxy) is 1. The van der Waals surface area contributed by atoms with E-state index in [4.69, 9.17) is 16.3 Å². The van der Waals surface area contributed by atoms with Crippen LogP contribution in [0.5, 0.6) is 0 Å². The minimum Gasteiger partial charge on any atom is -0.377 e. The Labute approximate surface area is 138 Å². The summed E-state index contributed by atoms with van der Waals surface area (Å²) in [6.45, 7) is 3.27. The third kappa shape index (κ3) is 4.69. The zero-order valence-electron chi connectivity index (χ0n) is 13.3. The Morgan fingerprint density at radius 2 is 2.00 bits per heavy atom. The zero-order chi connectivity index (χ0) is 15.1. The average molecular weight is 330 g/mol. The van der Waals surface area contributed by atoms with Gasteiger partial charge in [0.2, 0.25) is 0 Å². The molecule has 4 heteroatoms. The molecule has 21 heavy (non-hydrogen) atoms. The number of nitrogens with one attached hydrogen (secondary N) is 1. The zero-order valence-corrected chi connectivity index (χ0v) is 14.9. The summed E-state index contributed by atoms with van der Waals surface area (Å²) in [7, 11) is 1.90. The first-order valence-corrected chi connectivity index (χ1v) is 9.42. The number of thiophene rings is 1. The Morgan fingerprint density at radius 1 is 1.29 bits per heavy atom. The van der Waals surface area contributed by atoms with Gasteiger partial charge in [0.15, 0.2) is 0 Å². The van der Waals surface area contributed by atoms with E-state index in [1.165, 1.54) is 43.4 Å². The van der Waals surface area contributed by atoms with E-state index in [1.54, 1.807) is 11.3 Å². The minimum absolute atomic E-state index is 0.0118. The molecule has 1 fully saturated rings. The molecule has 2 rings (SSSR count). The molecule has 1 aliphatic rings. The normalized spacial score (nSPS) is 20.1. The SMILES string of the molecule is CCCNC(Cc1ccc(Cl)s1)C1(OC)CCCCCC1. The second kappa shape index (κ2) is 8.52. The second-order valence-corrected chi connectivity index (χ2v) is 7.90. The third-order valence-corrected chi connectivity index (χ3v) is 5.92. The van der Waals surface area contributed by atoms with Crippen LogP contribution in [0.4, 0.5) is 0 Å². The highest BCUT2D eigenvalue weighted by molar-refractivity contribution is 7.16. The molecule has 1 aliphatic carbocycles. The number of hydrogen-bond donors (Lipinski definition) is 1. The molecule has 1 heterocycles. The topological polar surface area (TPSA) is 21.3 Å². The van der Waals surface area contributed by atoms with Gasteiger partial charge in [0, 0.05) is 18.0 Å². The van der Waals surface area contributed by atoms with Crippen LogP contribution < -0.4 is 5.32 Å². The van der Waals surface area contributed by atoms with Crippen LogP contribution in [0.15, 0.2) is 12.1 Å². The van der Waals surface area contributed by atoms with Crippen LogP contribution in [-0.4, -0.2) is 25.3 Å².